The number of nitrogens with one attached hydrogen (secondary N) is 1. The first-order chi connectivity index (χ1) is 14.2. The maximum absolute atomic E-state index is 12.4. The van der Waals surface area contributed by atoms with Crippen LogP contribution in [0.15, 0.2) is 73.4 Å². The van der Waals surface area contributed by atoms with Gasteiger partial charge in [0.2, 0.25) is 0 Å². The normalized spacial score (nSPS) is 10.5. The molecule has 29 heavy (non-hydrogen) atoms. The summed E-state index contributed by atoms with van der Waals surface area (Å²) in [6.45, 7) is 0.338. The number of pyridine rings is 1. The largest absolute Gasteiger partial charge is 0.497 e. The van der Waals surface area contributed by atoms with E-state index in [1.165, 1.54) is 12.4 Å². The zero-order valence-electron chi connectivity index (χ0n) is 15.7. The number of aromatic nitrogens is 5. The van der Waals surface area contributed by atoms with Crippen LogP contribution >= 0.6 is 0 Å². The Morgan fingerprint density at radius 2 is 1.93 bits per heavy atom. The third-order valence-electron chi connectivity index (χ3n) is 4.22. The summed E-state index contributed by atoms with van der Waals surface area (Å²) in [7, 11) is 1.62. The molecule has 0 fully saturated rings. The predicted molar refractivity (Wildman–Crippen MR) is 107 cm³/mol. The zero-order chi connectivity index (χ0) is 20.1. The smallest absolute Gasteiger partial charge is 0.254 e. The van der Waals surface area contributed by atoms with E-state index in [1.54, 1.807) is 24.2 Å². The highest BCUT2D eigenvalue weighted by molar-refractivity contribution is 5.93. The standard InChI is InChI=1S/C21H18N6O2/c1-29-18-6-4-5-17(9-18)27-14-15(11-26-27)10-25-21(28)16-12-23-20(24-13-16)19-7-2-3-8-22-19/h2-9,11-14H,10H2,1H3,(H,25,28). The Morgan fingerprint density at radius 1 is 1.07 bits per heavy atom. The molecule has 0 aliphatic carbocycles. The van der Waals surface area contributed by atoms with Gasteiger partial charge >= 0.3 is 0 Å². The number of ether oxygens (including phenoxy) is 1. The third-order valence-corrected chi connectivity index (χ3v) is 4.22. The molecule has 4 aromatic rings. The maximum Gasteiger partial charge on any atom is 0.254 e. The molecule has 0 unspecified atom stereocenters. The molecule has 1 amide bonds. The summed E-state index contributed by atoms with van der Waals surface area (Å²) in [4.78, 5) is 25.0. The average Bonchev–Trinajstić information content (AvgIpc) is 3.27. The molecule has 8 heteroatoms. The topological polar surface area (TPSA) is 94.8 Å². The van der Waals surface area contributed by atoms with E-state index in [0.29, 0.717) is 23.6 Å². The van der Waals surface area contributed by atoms with Gasteiger partial charge in [0.1, 0.15) is 11.4 Å². The Labute approximate surface area is 167 Å². The predicted octanol–water partition coefficient (Wildman–Crippen LogP) is 2.66. The van der Waals surface area contributed by atoms with Crippen LogP contribution in [-0.4, -0.2) is 37.7 Å². The Hall–Kier alpha value is -4.07. The highest BCUT2D eigenvalue weighted by Gasteiger charge is 2.09. The molecule has 0 radical (unpaired) electrons. The number of amides is 1. The Bertz CT molecular complexity index is 1110. The van der Waals surface area contributed by atoms with Crippen LogP contribution in [0.3, 0.4) is 0 Å². The van der Waals surface area contributed by atoms with Gasteiger partial charge in [0.25, 0.3) is 5.91 Å². The van der Waals surface area contributed by atoms with Crippen molar-refractivity contribution in [1.82, 2.24) is 30.0 Å². The number of hydrogen-bond donors (Lipinski definition) is 1. The van der Waals surface area contributed by atoms with Crippen LogP contribution in [0.2, 0.25) is 0 Å². The van der Waals surface area contributed by atoms with Crippen molar-refractivity contribution < 1.29 is 9.53 Å². The molecule has 0 saturated carbocycles. The fourth-order valence-electron chi connectivity index (χ4n) is 2.70. The quantitative estimate of drug-likeness (QED) is 0.547. The van der Waals surface area contributed by atoms with Crippen molar-refractivity contribution in [2.75, 3.05) is 7.11 Å². The molecular formula is C21H18N6O2. The molecule has 1 aromatic carbocycles. The molecule has 0 bridgehead atoms. The molecule has 0 aliphatic heterocycles. The van der Waals surface area contributed by atoms with E-state index < -0.39 is 0 Å². The molecule has 8 nitrogen and oxygen atoms in total. The summed E-state index contributed by atoms with van der Waals surface area (Å²) in [5.74, 6) is 0.968. The first kappa shape index (κ1) is 18.3. The Balaban J connectivity index is 1.39. The molecule has 4 rings (SSSR count). The van der Waals surface area contributed by atoms with E-state index in [0.717, 1.165) is 17.0 Å². The van der Waals surface area contributed by atoms with E-state index in [2.05, 4.69) is 25.4 Å². The number of hydrogen-bond acceptors (Lipinski definition) is 6. The summed E-state index contributed by atoms with van der Waals surface area (Å²) < 4.78 is 6.96. The molecule has 144 valence electrons. The summed E-state index contributed by atoms with van der Waals surface area (Å²) in [5, 5.41) is 7.19. The molecule has 3 heterocycles. The molecule has 1 N–H and O–H groups in total. The van der Waals surface area contributed by atoms with Gasteiger partial charge < -0.3 is 10.1 Å². The van der Waals surface area contributed by atoms with Crippen LogP contribution in [0, 0.1) is 0 Å². The molecule has 0 atom stereocenters. The van der Waals surface area contributed by atoms with Crippen molar-refractivity contribution in [2.45, 2.75) is 6.54 Å². The van der Waals surface area contributed by atoms with Crippen LogP contribution in [-0.2, 0) is 6.54 Å². The minimum Gasteiger partial charge on any atom is -0.497 e. The van der Waals surface area contributed by atoms with Crippen molar-refractivity contribution in [1.29, 1.82) is 0 Å². The second-order valence-corrected chi connectivity index (χ2v) is 6.19. The van der Waals surface area contributed by atoms with E-state index in [-0.39, 0.29) is 5.91 Å². The van der Waals surface area contributed by atoms with Crippen LogP contribution in [0.4, 0.5) is 0 Å². The molecule has 0 aliphatic rings. The van der Waals surface area contributed by atoms with Gasteiger partial charge in [-0.2, -0.15) is 5.10 Å². The second-order valence-electron chi connectivity index (χ2n) is 6.19. The van der Waals surface area contributed by atoms with Crippen LogP contribution in [0.5, 0.6) is 5.75 Å². The maximum atomic E-state index is 12.4. The fourth-order valence-corrected chi connectivity index (χ4v) is 2.70. The van der Waals surface area contributed by atoms with Gasteiger partial charge in [-0.3, -0.25) is 9.78 Å². The molecular weight excluding hydrogens is 368 g/mol. The van der Waals surface area contributed by atoms with Gasteiger partial charge in [0.15, 0.2) is 5.82 Å². The Kier molecular flexibility index (Phi) is 5.24. The number of rotatable bonds is 6. The lowest BCUT2D eigenvalue weighted by molar-refractivity contribution is 0.0950. The van der Waals surface area contributed by atoms with E-state index in [4.69, 9.17) is 4.74 Å². The minimum atomic E-state index is -0.258. The SMILES string of the molecule is COc1cccc(-n2cc(CNC(=O)c3cnc(-c4ccccn4)nc3)cn2)c1. The summed E-state index contributed by atoms with van der Waals surface area (Å²) in [5.41, 5.74) is 2.78. The number of carbonyl (C=O) groups is 1. The first-order valence-corrected chi connectivity index (χ1v) is 8.92. The summed E-state index contributed by atoms with van der Waals surface area (Å²) in [6.07, 6.45) is 8.22. The Morgan fingerprint density at radius 3 is 2.69 bits per heavy atom. The lowest BCUT2D eigenvalue weighted by Gasteiger charge is -2.05. The number of benzene rings is 1. The van der Waals surface area contributed by atoms with Crippen molar-refractivity contribution in [3.63, 3.8) is 0 Å². The summed E-state index contributed by atoms with van der Waals surface area (Å²) >= 11 is 0. The molecule has 3 aromatic heterocycles. The van der Waals surface area contributed by atoms with Gasteiger partial charge in [0.05, 0.1) is 24.6 Å². The van der Waals surface area contributed by atoms with E-state index in [9.17, 15) is 4.79 Å². The van der Waals surface area contributed by atoms with E-state index >= 15 is 0 Å². The summed E-state index contributed by atoms with van der Waals surface area (Å²) in [6, 6.07) is 13.1. The van der Waals surface area contributed by atoms with Crippen molar-refractivity contribution >= 4 is 5.91 Å². The second kappa shape index (κ2) is 8.30. The molecule has 0 saturated heterocycles. The van der Waals surface area contributed by atoms with Crippen LogP contribution in [0.25, 0.3) is 17.2 Å². The van der Waals surface area contributed by atoms with Gasteiger partial charge in [-0.1, -0.05) is 12.1 Å². The molecule has 0 spiro atoms. The minimum absolute atomic E-state index is 0.258. The number of methoxy groups -OCH3 is 1. The lowest BCUT2D eigenvalue weighted by Crippen LogP contribution is -2.23. The number of nitrogens with zero attached hydrogens (tertiary/aromatic N) is 5. The van der Waals surface area contributed by atoms with Gasteiger partial charge in [-0.15, -0.1) is 0 Å². The van der Waals surface area contributed by atoms with Gasteiger partial charge in [-0.05, 0) is 24.3 Å². The monoisotopic (exact) mass is 386 g/mol. The van der Waals surface area contributed by atoms with Crippen molar-refractivity contribution in [3.8, 4) is 23.0 Å². The van der Waals surface area contributed by atoms with Crippen LogP contribution in [0.1, 0.15) is 15.9 Å². The zero-order valence-corrected chi connectivity index (χ0v) is 15.7. The lowest BCUT2D eigenvalue weighted by atomic mass is 10.2. The van der Waals surface area contributed by atoms with E-state index in [1.807, 2.05) is 48.7 Å². The van der Waals surface area contributed by atoms with Gasteiger partial charge in [0, 0.05) is 43.0 Å². The third kappa shape index (κ3) is 4.27. The van der Waals surface area contributed by atoms with Crippen molar-refractivity contribution in [2.24, 2.45) is 0 Å². The highest BCUT2D eigenvalue weighted by atomic mass is 16.5. The highest BCUT2D eigenvalue weighted by Crippen LogP contribution is 2.16. The van der Waals surface area contributed by atoms with Crippen LogP contribution < -0.4 is 10.1 Å². The number of carbonyl (C=O) groups excluding carboxylic acids is 1. The fraction of sp³-hybridized carbons (Fsp3) is 0.0952. The van der Waals surface area contributed by atoms with Crippen molar-refractivity contribution in [3.05, 3.63) is 84.6 Å². The first-order valence-electron chi connectivity index (χ1n) is 8.92. The average molecular weight is 386 g/mol. The van der Waals surface area contributed by atoms with Gasteiger partial charge in [-0.25, -0.2) is 14.6 Å².